The van der Waals surface area contributed by atoms with Crippen molar-refractivity contribution < 1.29 is 4.79 Å². The molecule has 0 atom stereocenters. The molecule has 4 N–H and O–H groups in total. The first kappa shape index (κ1) is 10.7. The topological polar surface area (TPSA) is 96.7 Å². The zero-order chi connectivity index (χ0) is 12.5. The molecule has 3 aromatic rings. The van der Waals surface area contributed by atoms with Gasteiger partial charge >= 0.3 is 0 Å². The quantitative estimate of drug-likeness (QED) is 0.612. The Hall–Kier alpha value is -2.41. The molecule has 2 heterocycles. The molecular formula is C11H9N5OS. The summed E-state index contributed by atoms with van der Waals surface area (Å²) in [7, 11) is 0. The van der Waals surface area contributed by atoms with Gasteiger partial charge in [-0.3, -0.25) is 15.2 Å². The first-order chi connectivity index (χ1) is 8.72. The van der Waals surface area contributed by atoms with Crippen molar-refractivity contribution in [1.82, 2.24) is 15.2 Å². The van der Waals surface area contributed by atoms with Crippen LogP contribution < -0.4 is 11.1 Å². The molecule has 3 rings (SSSR count). The number of H-pyrrole nitrogens is 1. The molecule has 1 amide bonds. The Kier molecular flexibility index (Phi) is 2.45. The summed E-state index contributed by atoms with van der Waals surface area (Å²) in [6.07, 6.45) is 2.99. The van der Waals surface area contributed by atoms with Crippen LogP contribution in [0.5, 0.6) is 0 Å². The normalized spacial score (nSPS) is 10.7. The van der Waals surface area contributed by atoms with Crippen molar-refractivity contribution in [1.29, 1.82) is 0 Å². The fourth-order valence-electron chi connectivity index (χ4n) is 1.54. The Morgan fingerprint density at radius 3 is 3.11 bits per heavy atom. The lowest BCUT2D eigenvalue weighted by Crippen LogP contribution is -2.10. The maximum Gasteiger partial charge on any atom is 0.260 e. The van der Waals surface area contributed by atoms with Gasteiger partial charge in [0.1, 0.15) is 0 Å². The molecule has 0 fully saturated rings. The molecular weight excluding hydrogens is 250 g/mol. The molecule has 0 unspecified atom stereocenters. The second kappa shape index (κ2) is 4.11. The summed E-state index contributed by atoms with van der Waals surface area (Å²) in [5.41, 5.74) is 7.65. The van der Waals surface area contributed by atoms with Crippen LogP contribution in [0.1, 0.15) is 10.4 Å². The van der Waals surface area contributed by atoms with Crippen LogP contribution >= 0.6 is 11.3 Å². The maximum absolute atomic E-state index is 11.8. The third-order valence-corrected chi connectivity index (χ3v) is 3.33. The van der Waals surface area contributed by atoms with Gasteiger partial charge in [0.2, 0.25) is 0 Å². The number of nitrogens with one attached hydrogen (secondary N) is 2. The first-order valence-electron chi connectivity index (χ1n) is 5.18. The highest BCUT2D eigenvalue weighted by Gasteiger charge is 2.10. The molecule has 2 aromatic heterocycles. The second-order valence-corrected chi connectivity index (χ2v) is 4.72. The highest BCUT2D eigenvalue weighted by molar-refractivity contribution is 7.22. The average Bonchev–Trinajstić information content (AvgIpc) is 2.95. The van der Waals surface area contributed by atoms with Crippen LogP contribution in [0.25, 0.3) is 10.2 Å². The zero-order valence-corrected chi connectivity index (χ0v) is 9.99. The number of thiazole rings is 1. The monoisotopic (exact) mass is 259 g/mol. The van der Waals surface area contributed by atoms with E-state index in [0.717, 1.165) is 10.2 Å². The first-order valence-corrected chi connectivity index (χ1v) is 6.00. The van der Waals surface area contributed by atoms with Crippen molar-refractivity contribution >= 4 is 38.3 Å². The number of fused-ring (bicyclic) bond motifs is 1. The molecule has 7 heteroatoms. The van der Waals surface area contributed by atoms with Gasteiger partial charge in [-0.1, -0.05) is 11.3 Å². The SMILES string of the molecule is Nc1ccc2nc(NC(=O)c3cn[nH]c3)sc2c1. The van der Waals surface area contributed by atoms with Crippen molar-refractivity contribution in [2.75, 3.05) is 11.1 Å². The van der Waals surface area contributed by atoms with Crippen LogP contribution in [0.15, 0.2) is 30.6 Å². The number of carbonyl (C=O) groups excluding carboxylic acids is 1. The van der Waals surface area contributed by atoms with Crippen molar-refractivity contribution in [2.24, 2.45) is 0 Å². The van der Waals surface area contributed by atoms with Crippen LogP contribution in [0.4, 0.5) is 10.8 Å². The Labute approximate surface area is 106 Å². The second-order valence-electron chi connectivity index (χ2n) is 3.69. The lowest BCUT2D eigenvalue weighted by molar-refractivity contribution is 0.102. The van der Waals surface area contributed by atoms with E-state index in [4.69, 9.17) is 5.73 Å². The zero-order valence-electron chi connectivity index (χ0n) is 9.18. The van der Waals surface area contributed by atoms with Crippen LogP contribution in [-0.4, -0.2) is 21.1 Å². The molecule has 0 aliphatic carbocycles. The third kappa shape index (κ3) is 1.91. The molecule has 1 aromatic carbocycles. The molecule has 0 spiro atoms. The van der Waals surface area contributed by atoms with E-state index in [-0.39, 0.29) is 5.91 Å². The number of rotatable bonds is 2. The van der Waals surface area contributed by atoms with Gasteiger partial charge < -0.3 is 5.73 Å². The lowest BCUT2D eigenvalue weighted by Gasteiger charge is -1.96. The highest BCUT2D eigenvalue weighted by atomic mass is 32.1. The predicted octanol–water partition coefficient (Wildman–Crippen LogP) is 1.85. The summed E-state index contributed by atoms with van der Waals surface area (Å²) in [5, 5.41) is 9.57. The Balaban J connectivity index is 1.89. The Morgan fingerprint density at radius 1 is 1.44 bits per heavy atom. The van der Waals surface area contributed by atoms with Gasteiger partial charge in [-0.2, -0.15) is 5.10 Å². The summed E-state index contributed by atoms with van der Waals surface area (Å²) in [6, 6.07) is 5.44. The summed E-state index contributed by atoms with van der Waals surface area (Å²) >= 11 is 1.38. The summed E-state index contributed by atoms with van der Waals surface area (Å²) < 4.78 is 0.942. The largest absolute Gasteiger partial charge is 0.399 e. The van der Waals surface area contributed by atoms with Gasteiger partial charge in [0.15, 0.2) is 5.13 Å². The van der Waals surface area contributed by atoms with Crippen LogP contribution in [0.3, 0.4) is 0 Å². The van der Waals surface area contributed by atoms with E-state index >= 15 is 0 Å². The summed E-state index contributed by atoms with van der Waals surface area (Å²) in [6.45, 7) is 0. The van der Waals surface area contributed by atoms with E-state index in [9.17, 15) is 4.79 Å². The number of anilines is 2. The van der Waals surface area contributed by atoms with Gasteiger partial charge in [-0.05, 0) is 18.2 Å². The van der Waals surface area contributed by atoms with Crippen LogP contribution in [0.2, 0.25) is 0 Å². The standard InChI is InChI=1S/C11H9N5OS/c12-7-1-2-8-9(3-7)18-11(15-8)16-10(17)6-4-13-14-5-6/h1-5H,12H2,(H,13,14)(H,15,16,17). The predicted molar refractivity (Wildman–Crippen MR) is 70.6 cm³/mol. The minimum atomic E-state index is -0.240. The van der Waals surface area contributed by atoms with Gasteiger partial charge in [-0.25, -0.2) is 4.98 Å². The lowest BCUT2D eigenvalue weighted by atomic mass is 10.3. The van der Waals surface area contributed by atoms with Crippen molar-refractivity contribution in [3.05, 3.63) is 36.2 Å². The Bertz CT molecular complexity index is 703. The van der Waals surface area contributed by atoms with Gasteiger partial charge in [0, 0.05) is 11.9 Å². The number of nitrogens with zero attached hydrogens (tertiary/aromatic N) is 2. The number of aromatic nitrogens is 3. The summed E-state index contributed by atoms with van der Waals surface area (Å²) in [5.74, 6) is -0.240. The van der Waals surface area contributed by atoms with E-state index in [1.807, 2.05) is 12.1 Å². The van der Waals surface area contributed by atoms with E-state index in [1.54, 1.807) is 6.07 Å². The molecule has 6 nitrogen and oxygen atoms in total. The number of amides is 1. The smallest absolute Gasteiger partial charge is 0.260 e. The van der Waals surface area contributed by atoms with Crippen LogP contribution in [0, 0.1) is 0 Å². The number of aromatic amines is 1. The molecule has 0 radical (unpaired) electrons. The average molecular weight is 259 g/mol. The number of benzene rings is 1. The van der Waals surface area contributed by atoms with E-state index < -0.39 is 0 Å². The van der Waals surface area contributed by atoms with E-state index in [0.29, 0.717) is 16.4 Å². The third-order valence-electron chi connectivity index (χ3n) is 2.39. The molecule has 0 saturated heterocycles. The summed E-state index contributed by atoms with van der Waals surface area (Å²) in [4.78, 5) is 16.1. The number of hydrogen-bond acceptors (Lipinski definition) is 5. The van der Waals surface area contributed by atoms with Crippen molar-refractivity contribution in [3.8, 4) is 0 Å². The van der Waals surface area contributed by atoms with E-state index in [1.165, 1.54) is 23.7 Å². The highest BCUT2D eigenvalue weighted by Crippen LogP contribution is 2.27. The van der Waals surface area contributed by atoms with Crippen molar-refractivity contribution in [2.45, 2.75) is 0 Å². The van der Waals surface area contributed by atoms with Gasteiger partial charge in [-0.15, -0.1) is 0 Å². The minimum absolute atomic E-state index is 0.240. The van der Waals surface area contributed by atoms with Gasteiger partial charge in [0.25, 0.3) is 5.91 Å². The van der Waals surface area contributed by atoms with Crippen LogP contribution in [-0.2, 0) is 0 Å². The molecule has 0 aliphatic heterocycles. The van der Waals surface area contributed by atoms with E-state index in [2.05, 4.69) is 20.5 Å². The fourth-order valence-corrected chi connectivity index (χ4v) is 2.45. The number of nitrogen functional groups attached to an aromatic ring is 1. The number of carbonyl (C=O) groups is 1. The molecule has 90 valence electrons. The Morgan fingerprint density at radius 2 is 2.33 bits per heavy atom. The molecule has 0 saturated carbocycles. The fraction of sp³-hybridized carbons (Fsp3) is 0. The minimum Gasteiger partial charge on any atom is -0.399 e. The van der Waals surface area contributed by atoms with Gasteiger partial charge in [0.05, 0.1) is 22.0 Å². The number of hydrogen-bond donors (Lipinski definition) is 3. The van der Waals surface area contributed by atoms with Crippen molar-refractivity contribution in [3.63, 3.8) is 0 Å². The molecule has 0 aliphatic rings. The maximum atomic E-state index is 11.8. The number of nitrogens with two attached hydrogens (primary N) is 1. The molecule has 0 bridgehead atoms. The molecule has 18 heavy (non-hydrogen) atoms.